The number of fused-ring (bicyclic) bond motifs is 3. The molecule has 0 heteroatoms. The van der Waals surface area contributed by atoms with Gasteiger partial charge in [-0.25, -0.2) is 0 Å². The fourth-order valence-corrected chi connectivity index (χ4v) is 4.22. The minimum atomic E-state index is -0.472. The van der Waals surface area contributed by atoms with Crippen molar-refractivity contribution in [3.8, 4) is 22.3 Å². The molecular formula is C30H20. The number of rotatable bonds is 2. The molecule has 0 unspecified atom stereocenters. The van der Waals surface area contributed by atoms with E-state index in [1.807, 2.05) is 78.9 Å². The first-order valence-corrected chi connectivity index (χ1v) is 9.82. The molecule has 0 saturated carbocycles. The maximum Gasteiger partial charge on any atom is 0.0636 e. The van der Waals surface area contributed by atoms with E-state index in [0.717, 1.165) is 32.7 Å². The maximum atomic E-state index is 9.14. The van der Waals surface area contributed by atoms with Crippen molar-refractivity contribution in [3.63, 3.8) is 0 Å². The van der Waals surface area contributed by atoms with E-state index in [1.165, 1.54) is 0 Å². The van der Waals surface area contributed by atoms with E-state index in [2.05, 4.69) is 0 Å². The van der Waals surface area contributed by atoms with Crippen molar-refractivity contribution in [3.05, 3.63) is 121 Å². The molecule has 0 heterocycles. The summed E-state index contributed by atoms with van der Waals surface area (Å²) in [5.41, 5.74) is 2.87. The molecule has 30 heavy (non-hydrogen) atoms. The lowest BCUT2D eigenvalue weighted by Crippen LogP contribution is -1.90. The maximum absolute atomic E-state index is 9.14. The molecule has 0 bridgehead atoms. The Kier molecular flexibility index (Phi) is 2.59. The summed E-state index contributed by atoms with van der Waals surface area (Å²) in [6.45, 7) is 0. The largest absolute Gasteiger partial charge is 0.0636 e. The first-order chi connectivity index (χ1) is 17.8. The SMILES string of the molecule is [2H]c1c([2H])c([2H])c2c([2H])c(-c3c4ccccc4c(-c4ccccc4)c4ccccc34)c([2H])c([2H])c2c1[2H]. The second-order valence-electron chi connectivity index (χ2n) is 7.21. The van der Waals surface area contributed by atoms with Crippen LogP contribution in [0.1, 0.15) is 9.60 Å². The van der Waals surface area contributed by atoms with Gasteiger partial charge in [0.15, 0.2) is 0 Å². The van der Waals surface area contributed by atoms with Gasteiger partial charge >= 0.3 is 0 Å². The summed E-state index contributed by atoms with van der Waals surface area (Å²) in [5.74, 6) is 0. The number of hydrogen-bond acceptors (Lipinski definition) is 0. The van der Waals surface area contributed by atoms with E-state index in [0.29, 0.717) is 5.56 Å². The van der Waals surface area contributed by atoms with Gasteiger partial charge in [-0.3, -0.25) is 0 Å². The van der Waals surface area contributed by atoms with Crippen LogP contribution in [-0.2, 0) is 0 Å². The fraction of sp³-hybridized carbons (Fsp3) is 0. The highest BCUT2D eigenvalue weighted by Crippen LogP contribution is 2.43. The summed E-state index contributed by atoms with van der Waals surface area (Å²) < 4.78 is 59.9. The third-order valence-corrected chi connectivity index (χ3v) is 5.49. The van der Waals surface area contributed by atoms with Crippen molar-refractivity contribution in [2.75, 3.05) is 0 Å². The zero-order valence-corrected chi connectivity index (χ0v) is 16.0. The van der Waals surface area contributed by atoms with Gasteiger partial charge in [-0.2, -0.15) is 0 Å². The minimum absolute atomic E-state index is 0.0395. The smallest absolute Gasteiger partial charge is 0.0622 e. The Morgan fingerprint density at radius 2 is 0.933 bits per heavy atom. The van der Waals surface area contributed by atoms with Gasteiger partial charge in [0.2, 0.25) is 0 Å². The van der Waals surface area contributed by atoms with E-state index >= 15 is 0 Å². The van der Waals surface area contributed by atoms with Crippen LogP contribution in [0.5, 0.6) is 0 Å². The van der Waals surface area contributed by atoms with E-state index in [1.54, 1.807) is 0 Å². The Bertz CT molecular complexity index is 1840. The van der Waals surface area contributed by atoms with Gasteiger partial charge in [-0.1, -0.05) is 115 Å². The van der Waals surface area contributed by atoms with Gasteiger partial charge in [-0.05, 0) is 60.6 Å². The average Bonchev–Trinajstić information content (AvgIpc) is 2.92. The van der Waals surface area contributed by atoms with Crippen molar-refractivity contribution in [2.24, 2.45) is 0 Å². The molecule has 0 aliphatic rings. The Labute approximate surface area is 185 Å². The summed E-state index contributed by atoms with van der Waals surface area (Å²) in [7, 11) is 0. The molecule has 0 nitrogen and oxygen atoms in total. The molecule has 0 aliphatic heterocycles. The molecule has 0 radical (unpaired) electrons. The first-order valence-electron chi connectivity index (χ1n) is 13.3. The third kappa shape index (κ3) is 2.62. The molecule has 0 fully saturated rings. The van der Waals surface area contributed by atoms with Crippen molar-refractivity contribution < 1.29 is 9.60 Å². The molecule has 0 atom stereocenters. The fourth-order valence-electron chi connectivity index (χ4n) is 4.22. The summed E-state index contributed by atoms with van der Waals surface area (Å²) >= 11 is 0. The predicted molar refractivity (Wildman–Crippen MR) is 130 cm³/mol. The monoisotopic (exact) mass is 387 g/mol. The summed E-state index contributed by atoms with van der Waals surface area (Å²) in [5, 5.41) is 3.34. The van der Waals surface area contributed by atoms with E-state index < -0.39 is 18.1 Å². The molecule has 0 aliphatic carbocycles. The van der Waals surface area contributed by atoms with Crippen LogP contribution in [0.3, 0.4) is 0 Å². The zero-order valence-electron chi connectivity index (χ0n) is 23.0. The average molecular weight is 388 g/mol. The van der Waals surface area contributed by atoms with Crippen LogP contribution < -0.4 is 0 Å². The molecule has 6 aromatic rings. The van der Waals surface area contributed by atoms with Crippen LogP contribution in [0.2, 0.25) is 0 Å². The molecule has 0 amide bonds. The van der Waals surface area contributed by atoms with Gasteiger partial charge in [0.05, 0.1) is 9.60 Å². The van der Waals surface area contributed by atoms with Crippen LogP contribution >= 0.6 is 0 Å². The molecule has 6 aromatic carbocycles. The Balaban J connectivity index is 1.87. The summed E-state index contributed by atoms with van der Waals surface area (Å²) in [6, 6.07) is 23.2. The van der Waals surface area contributed by atoms with E-state index in [9.17, 15) is 0 Å². The lowest BCUT2D eigenvalue weighted by Gasteiger charge is -2.18. The number of benzene rings is 6. The topological polar surface area (TPSA) is 0 Å². The van der Waals surface area contributed by atoms with Crippen LogP contribution in [0.25, 0.3) is 54.6 Å². The number of hydrogen-bond donors (Lipinski definition) is 0. The minimum Gasteiger partial charge on any atom is -0.0622 e. The Morgan fingerprint density at radius 1 is 0.433 bits per heavy atom. The Morgan fingerprint density at radius 3 is 1.53 bits per heavy atom. The Hall–Kier alpha value is -3.90. The second kappa shape index (κ2) is 6.86. The van der Waals surface area contributed by atoms with Gasteiger partial charge in [0.1, 0.15) is 0 Å². The van der Waals surface area contributed by atoms with Gasteiger partial charge < -0.3 is 0 Å². The lowest BCUT2D eigenvalue weighted by atomic mass is 9.85. The highest BCUT2D eigenvalue weighted by Gasteiger charge is 2.16. The first kappa shape index (κ1) is 11.3. The highest BCUT2D eigenvalue weighted by atomic mass is 14.2. The quantitative estimate of drug-likeness (QED) is 0.261. The molecular weight excluding hydrogens is 360 g/mol. The van der Waals surface area contributed by atoms with Crippen LogP contribution in [0, 0.1) is 0 Å². The van der Waals surface area contributed by atoms with Crippen molar-refractivity contribution in [1.29, 1.82) is 0 Å². The van der Waals surface area contributed by atoms with E-state index in [-0.39, 0.29) is 40.5 Å². The van der Waals surface area contributed by atoms with Crippen LogP contribution in [0.15, 0.2) is 121 Å². The van der Waals surface area contributed by atoms with E-state index in [4.69, 9.17) is 9.60 Å². The molecule has 0 N–H and O–H groups in total. The molecule has 0 saturated heterocycles. The van der Waals surface area contributed by atoms with Crippen molar-refractivity contribution >= 4 is 32.3 Å². The lowest BCUT2D eigenvalue weighted by molar-refractivity contribution is 1.66. The summed E-state index contributed by atoms with van der Waals surface area (Å²) in [6.07, 6.45) is 0. The molecule has 0 spiro atoms. The van der Waals surface area contributed by atoms with Crippen LogP contribution in [-0.4, -0.2) is 0 Å². The van der Waals surface area contributed by atoms with Crippen LogP contribution in [0.4, 0.5) is 0 Å². The van der Waals surface area contributed by atoms with Crippen molar-refractivity contribution in [1.82, 2.24) is 0 Å². The summed E-state index contributed by atoms with van der Waals surface area (Å²) in [4.78, 5) is 0. The van der Waals surface area contributed by atoms with Gasteiger partial charge in [-0.15, -0.1) is 0 Å². The predicted octanol–water partition coefficient (Wildman–Crippen LogP) is 8.48. The molecule has 6 rings (SSSR count). The standard InChI is InChI=1S/C30H20/c1-2-11-22(12-3-1)29-25-14-6-8-16-27(25)30(28-17-9-7-15-26(28)29)24-19-18-21-10-4-5-13-23(21)20-24/h1-20H/i4D,5D,10D,13D,18D,19D,20D. The zero-order chi connectivity index (χ0) is 26.0. The second-order valence-corrected chi connectivity index (χ2v) is 7.21. The normalized spacial score (nSPS) is 14.6. The molecule has 0 aromatic heterocycles. The highest BCUT2D eigenvalue weighted by molar-refractivity contribution is 6.21. The molecule has 140 valence electrons. The van der Waals surface area contributed by atoms with Gasteiger partial charge in [0, 0.05) is 0 Å². The third-order valence-electron chi connectivity index (χ3n) is 5.49. The van der Waals surface area contributed by atoms with Gasteiger partial charge in [0.25, 0.3) is 0 Å². The van der Waals surface area contributed by atoms with Crippen molar-refractivity contribution in [2.45, 2.75) is 0 Å².